The molecule has 0 aliphatic rings. The lowest BCUT2D eigenvalue weighted by Crippen LogP contribution is -2.34. The third-order valence-corrected chi connectivity index (χ3v) is 3.59. The second-order valence-corrected chi connectivity index (χ2v) is 6.57. The van der Waals surface area contributed by atoms with E-state index in [4.69, 9.17) is 11.5 Å². The summed E-state index contributed by atoms with van der Waals surface area (Å²) in [6.45, 7) is 6.16. The maximum atomic E-state index is 11.1. The molecule has 0 aliphatic carbocycles. The van der Waals surface area contributed by atoms with Crippen LogP contribution in [0.3, 0.4) is 0 Å². The molecule has 1 heterocycles. The van der Waals surface area contributed by atoms with Crippen LogP contribution in [0, 0.1) is 5.41 Å². The zero-order valence-electron chi connectivity index (χ0n) is 11.4. The molecule has 1 rings (SSSR count). The number of nitrogens with one attached hydrogen (secondary N) is 1. The molecule has 5 N–H and O–H groups in total. The van der Waals surface area contributed by atoms with Crippen LogP contribution in [-0.4, -0.2) is 38.0 Å². The number of carbonyl (C=O) groups excluding carboxylic acids is 1. The van der Waals surface area contributed by atoms with Crippen LogP contribution in [0.2, 0.25) is 0 Å². The Morgan fingerprint density at radius 3 is 2.56 bits per heavy atom. The number of nitrogen functional groups attached to an aromatic ring is 1. The molecule has 0 saturated heterocycles. The van der Waals surface area contributed by atoms with Gasteiger partial charge in [0.15, 0.2) is 0 Å². The molecule has 18 heavy (non-hydrogen) atoms. The van der Waals surface area contributed by atoms with Crippen molar-refractivity contribution in [3.8, 4) is 0 Å². The van der Waals surface area contributed by atoms with Gasteiger partial charge in [-0.3, -0.25) is 4.79 Å². The van der Waals surface area contributed by atoms with Gasteiger partial charge in [0.25, 0.3) is 5.91 Å². The molecular formula is C12H22N4OS. The highest BCUT2D eigenvalue weighted by Crippen LogP contribution is 2.29. The van der Waals surface area contributed by atoms with Crippen LogP contribution < -0.4 is 16.8 Å². The molecule has 1 amide bonds. The summed E-state index contributed by atoms with van der Waals surface area (Å²) in [5.41, 5.74) is 11.5. The number of carbonyl (C=O) groups is 1. The van der Waals surface area contributed by atoms with Gasteiger partial charge in [0.2, 0.25) is 0 Å². The topological polar surface area (TPSA) is 84.4 Å². The molecule has 0 saturated carbocycles. The van der Waals surface area contributed by atoms with E-state index in [1.54, 1.807) is 6.07 Å². The lowest BCUT2D eigenvalue weighted by molar-refractivity contribution is 0.100. The summed E-state index contributed by atoms with van der Waals surface area (Å²) in [6, 6.07) is 1.76. The van der Waals surface area contributed by atoms with Gasteiger partial charge in [-0.2, -0.15) is 0 Å². The van der Waals surface area contributed by atoms with E-state index >= 15 is 0 Å². The lowest BCUT2D eigenvalue weighted by Gasteiger charge is -2.28. The summed E-state index contributed by atoms with van der Waals surface area (Å²) in [4.78, 5) is 13.7. The molecule has 0 fully saturated rings. The highest BCUT2D eigenvalue weighted by molar-refractivity contribution is 7.18. The summed E-state index contributed by atoms with van der Waals surface area (Å²) < 4.78 is 0. The van der Waals surface area contributed by atoms with Crippen molar-refractivity contribution in [2.45, 2.75) is 13.8 Å². The number of nitrogens with two attached hydrogens (primary N) is 2. The van der Waals surface area contributed by atoms with E-state index in [-0.39, 0.29) is 5.41 Å². The van der Waals surface area contributed by atoms with Crippen molar-refractivity contribution in [2.75, 3.05) is 38.2 Å². The predicted octanol–water partition coefficient (Wildman–Crippen LogP) is 1.43. The minimum atomic E-state index is -0.474. The second-order valence-electron chi connectivity index (χ2n) is 5.51. The van der Waals surface area contributed by atoms with Gasteiger partial charge in [-0.05, 0) is 25.6 Å². The number of primary amides is 1. The number of amides is 1. The molecule has 102 valence electrons. The van der Waals surface area contributed by atoms with Crippen LogP contribution in [-0.2, 0) is 0 Å². The van der Waals surface area contributed by atoms with Crippen LogP contribution in [0.4, 0.5) is 10.7 Å². The molecule has 0 aromatic carbocycles. The molecule has 0 unspecified atom stereocenters. The summed E-state index contributed by atoms with van der Waals surface area (Å²) >= 11 is 1.30. The Labute approximate surface area is 112 Å². The molecular weight excluding hydrogens is 248 g/mol. The van der Waals surface area contributed by atoms with Crippen molar-refractivity contribution in [2.24, 2.45) is 11.1 Å². The van der Waals surface area contributed by atoms with Crippen LogP contribution in [0.1, 0.15) is 23.5 Å². The van der Waals surface area contributed by atoms with Gasteiger partial charge in [-0.25, -0.2) is 0 Å². The molecule has 0 spiro atoms. The van der Waals surface area contributed by atoms with Crippen molar-refractivity contribution in [1.82, 2.24) is 4.90 Å². The minimum Gasteiger partial charge on any atom is -0.397 e. The Balaban J connectivity index is 2.64. The SMILES string of the molecule is CN(C)CC(C)(C)CNc1cc(N)c(C(N)=O)s1. The lowest BCUT2D eigenvalue weighted by atomic mass is 9.93. The second kappa shape index (κ2) is 5.58. The van der Waals surface area contributed by atoms with E-state index in [1.165, 1.54) is 11.3 Å². The number of nitrogens with zero attached hydrogens (tertiary/aromatic N) is 1. The van der Waals surface area contributed by atoms with Crippen molar-refractivity contribution in [1.29, 1.82) is 0 Å². The quantitative estimate of drug-likeness (QED) is 0.730. The average Bonchev–Trinajstić information content (AvgIpc) is 2.55. The predicted molar refractivity (Wildman–Crippen MR) is 78.1 cm³/mol. The first kappa shape index (κ1) is 14.8. The summed E-state index contributed by atoms with van der Waals surface area (Å²) in [5, 5.41) is 4.19. The fourth-order valence-electron chi connectivity index (χ4n) is 1.92. The molecule has 0 aliphatic heterocycles. The Morgan fingerprint density at radius 1 is 1.50 bits per heavy atom. The Hall–Kier alpha value is -1.27. The molecule has 1 aromatic heterocycles. The Morgan fingerprint density at radius 2 is 2.11 bits per heavy atom. The van der Waals surface area contributed by atoms with E-state index in [0.717, 1.165) is 18.1 Å². The summed E-state index contributed by atoms with van der Waals surface area (Å²) in [5.74, 6) is -0.474. The first-order chi connectivity index (χ1) is 8.21. The van der Waals surface area contributed by atoms with Crippen LogP contribution in [0.15, 0.2) is 6.07 Å². The van der Waals surface area contributed by atoms with Crippen molar-refractivity contribution < 1.29 is 4.79 Å². The minimum absolute atomic E-state index is 0.134. The molecule has 0 atom stereocenters. The number of hydrogen-bond donors (Lipinski definition) is 3. The number of hydrogen-bond acceptors (Lipinski definition) is 5. The third-order valence-electron chi connectivity index (χ3n) is 2.47. The van der Waals surface area contributed by atoms with Gasteiger partial charge in [0.1, 0.15) is 4.88 Å². The first-order valence-electron chi connectivity index (χ1n) is 5.79. The molecule has 1 aromatic rings. The third kappa shape index (κ3) is 4.19. The molecule has 0 radical (unpaired) electrons. The highest BCUT2D eigenvalue weighted by Gasteiger charge is 2.19. The largest absolute Gasteiger partial charge is 0.397 e. The summed E-state index contributed by atoms with van der Waals surface area (Å²) in [7, 11) is 4.10. The fourth-order valence-corrected chi connectivity index (χ4v) is 2.75. The van der Waals surface area contributed by atoms with E-state index in [1.807, 2.05) is 0 Å². The molecule has 6 heteroatoms. The van der Waals surface area contributed by atoms with E-state index < -0.39 is 5.91 Å². The average molecular weight is 270 g/mol. The van der Waals surface area contributed by atoms with Gasteiger partial charge < -0.3 is 21.7 Å². The Bertz CT molecular complexity index is 426. The zero-order chi connectivity index (χ0) is 13.9. The summed E-state index contributed by atoms with van der Waals surface area (Å²) in [6.07, 6.45) is 0. The van der Waals surface area contributed by atoms with E-state index in [0.29, 0.717) is 10.6 Å². The molecule has 0 bridgehead atoms. The smallest absolute Gasteiger partial charge is 0.260 e. The molecule has 5 nitrogen and oxygen atoms in total. The fraction of sp³-hybridized carbons (Fsp3) is 0.583. The monoisotopic (exact) mass is 270 g/mol. The van der Waals surface area contributed by atoms with Crippen LogP contribution >= 0.6 is 11.3 Å². The van der Waals surface area contributed by atoms with E-state index in [2.05, 4.69) is 38.2 Å². The van der Waals surface area contributed by atoms with Gasteiger partial charge >= 0.3 is 0 Å². The Kier molecular flexibility index (Phi) is 4.59. The standard InChI is InChI=1S/C12H22N4OS/c1-12(2,7-16(3)4)6-15-9-5-8(13)10(18-9)11(14)17/h5,15H,6-7,13H2,1-4H3,(H2,14,17). The number of thiophene rings is 1. The maximum Gasteiger partial charge on any atom is 0.260 e. The normalized spacial score (nSPS) is 11.8. The van der Waals surface area contributed by atoms with E-state index in [9.17, 15) is 4.79 Å². The van der Waals surface area contributed by atoms with Crippen LogP contribution in [0.5, 0.6) is 0 Å². The van der Waals surface area contributed by atoms with Gasteiger partial charge in [-0.1, -0.05) is 13.8 Å². The number of rotatable bonds is 6. The highest BCUT2D eigenvalue weighted by atomic mass is 32.1. The van der Waals surface area contributed by atoms with Crippen molar-refractivity contribution >= 4 is 27.9 Å². The van der Waals surface area contributed by atoms with Gasteiger partial charge in [0.05, 0.1) is 10.7 Å². The van der Waals surface area contributed by atoms with Crippen molar-refractivity contribution in [3.05, 3.63) is 10.9 Å². The first-order valence-corrected chi connectivity index (χ1v) is 6.60. The van der Waals surface area contributed by atoms with Gasteiger partial charge in [0, 0.05) is 13.1 Å². The van der Waals surface area contributed by atoms with Crippen LogP contribution in [0.25, 0.3) is 0 Å². The zero-order valence-corrected chi connectivity index (χ0v) is 12.2. The van der Waals surface area contributed by atoms with Crippen molar-refractivity contribution in [3.63, 3.8) is 0 Å². The van der Waals surface area contributed by atoms with Gasteiger partial charge in [-0.15, -0.1) is 11.3 Å². The maximum absolute atomic E-state index is 11.1. The number of anilines is 2.